The molecule has 70 heavy (non-hydrogen) atoms. The van der Waals surface area contributed by atoms with Gasteiger partial charge in [-0.25, -0.2) is 4.98 Å². The van der Waals surface area contributed by atoms with Crippen molar-refractivity contribution in [3.05, 3.63) is 29.9 Å². The van der Waals surface area contributed by atoms with Gasteiger partial charge >= 0.3 is 5.97 Å². The van der Waals surface area contributed by atoms with Crippen LogP contribution in [-0.4, -0.2) is 143 Å². The molecule has 1 aromatic heterocycles. The third-order valence-electron chi connectivity index (χ3n) is 22.1. The first-order chi connectivity index (χ1) is 33.2. The van der Waals surface area contributed by atoms with Crippen LogP contribution < -0.4 is 11.1 Å². The standard InChI is InChI=1S/C53H84N4O13/c1-6-30-32-9-7-8-15-52-16-14-37-49(3,25-60)44(70-46-43(65)42(64)36(61)23-69-46)41(63)33(19-28-29(22-58)45(66)57-40(28)27(10-13-39(54)62)35-21-55-26-56-35)50(37,4)38(52)12-11-31(51(30,52)5)34-20-48(2,24-59)17-18-53(32,34)47(67)68/h11,21,26-30,32-34,36-44,46,58-65H,6-10,12-20,22-25,54H2,1-5H3,(H,55,56)(H,57,66)(H,67,68). The van der Waals surface area contributed by atoms with Gasteiger partial charge in [0.05, 0.1) is 49.7 Å². The Morgan fingerprint density at radius 3 is 2.36 bits per heavy atom. The number of carboxylic acids is 1. The molecule has 1 amide bonds. The van der Waals surface area contributed by atoms with Gasteiger partial charge in [0, 0.05) is 35.9 Å². The largest absolute Gasteiger partial charge is 0.481 e. The Labute approximate surface area is 412 Å². The fourth-order valence-electron chi connectivity index (χ4n) is 18.8. The van der Waals surface area contributed by atoms with E-state index in [0.29, 0.717) is 38.5 Å². The van der Waals surface area contributed by atoms with E-state index >= 15 is 0 Å². The van der Waals surface area contributed by atoms with Crippen molar-refractivity contribution in [2.75, 3.05) is 26.4 Å². The molecule has 2 aliphatic heterocycles. The lowest BCUT2D eigenvalue weighted by atomic mass is 9.27. The molecule has 7 fully saturated rings. The fourth-order valence-corrected chi connectivity index (χ4v) is 18.8. The van der Waals surface area contributed by atoms with Crippen LogP contribution in [0.2, 0.25) is 0 Å². The molecule has 0 radical (unpaired) electrons. The van der Waals surface area contributed by atoms with Crippen LogP contribution in [0.5, 0.6) is 0 Å². The second-order valence-electron chi connectivity index (χ2n) is 24.8. The van der Waals surface area contributed by atoms with E-state index in [-0.39, 0.29) is 67.0 Å². The molecule has 17 heteroatoms. The number of allylic oxidation sites excluding steroid dienone is 2. The molecule has 2 bridgehead atoms. The first-order valence-electron chi connectivity index (χ1n) is 26.7. The number of nitrogens with zero attached hydrogens (tertiary/aromatic N) is 1. The Kier molecular flexibility index (Phi) is 14.2. The Morgan fingerprint density at radius 1 is 0.957 bits per heavy atom. The van der Waals surface area contributed by atoms with Crippen LogP contribution in [0.15, 0.2) is 24.2 Å². The number of amides is 1. The highest BCUT2D eigenvalue weighted by Gasteiger charge is 2.77. The molecule has 17 nitrogen and oxygen atoms in total. The minimum Gasteiger partial charge on any atom is -0.481 e. The topological polar surface area (TPSA) is 301 Å². The van der Waals surface area contributed by atoms with Crippen LogP contribution in [0.25, 0.3) is 0 Å². The van der Waals surface area contributed by atoms with E-state index in [2.05, 4.69) is 49.1 Å². The van der Waals surface area contributed by atoms with E-state index in [9.17, 15) is 55.5 Å². The van der Waals surface area contributed by atoms with E-state index in [0.717, 1.165) is 44.2 Å². The zero-order valence-corrected chi connectivity index (χ0v) is 42.0. The van der Waals surface area contributed by atoms with Gasteiger partial charge in [0.25, 0.3) is 0 Å². The Morgan fingerprint density at radius 2 is 1.71 bits per heavy atom. The zero-order chi connectivity index (χ0) is 50.5. The summed E-state index contributed by atoms with van der Waals surface area (Å²) in [4.78, 5) is 35.9. The predicted molar refractivity (Wildman–Crippen MR) is 255 cm³/mol. The quantitative estimate of drug-likeness (QED) is 0.0725. The number of carbonyl (C=O) groups excluding carboxylic acids is 1. The predicted octanol–water partition coefficient (Wildman–Crippen LogP) is 2.93. The third kappa shape index (κ3) is 7.50. The number of aliphatic carboxylic acids is 1. The highest BCUT2D eigenvalue weighted by molar-refractivity contribution is 5.82. The van der Waals surface area contributed by atoms with Gasteiger partial charge in [-0.05, 0) is 134 Å². The van der Waals surface area contributed by atoms with Crippen LogP contribution in [0.3, 0.4) is 0 Å². The SMILES string of the molecule is CCC1C2CCCCC34CCC5C(C)(CO)C(OC6OCC(O)C(O)C6O)C(O)C(CC6C(CO)C(=O)NC6C(CCC(N)O)c6cnc[nH]6)C5(C)C3CC=C(C3CC(C)(CO)CCC32C(=O)O)C14C. The summed E-state index contributed by atoms with van der Waals surface area (Å²) in [5.41, 5.74) is 3.66. The Hall–Kier alpha value is -2.55. The summed E-state index contributed by atoms with van der Waals surface area (Å²) in [6, 6.07) is -0.585. The van der Waals surface area contributed by atoms with Crippen LogP contribution in [0.4, 0.5) is 0 Å². The number of nitrogens with two attached hydrogens (primary N) is 1. The average Bonchev–Trinajstić information content (AvgIpc) is 3.97. The summed E-state index contributed by atoms with van der Waals surface area (Å²) in [6.07, 6.45) is 4.72. The molecule has 13 N–H and O–H groups in total. The van der Waals surface area contributed by atoms with Crippen molar-refractivity contribution in [2.24, 2.45) is 85.6 Å². The molecular weight excluding hydrogens is 901 g/mol. The van der Waals surface area contributed by atoms with Crippen LogP contribution in [0, 0.1) is 79.8 Å². The summed E-state index contributed by atoms with van der Waals surface area (Å²) in [7, 11) is 0. The highest BCUT2D eigenvalue weighted by atomic mass is 16.7. The number of hydrogen-bond donors (Lipinski definition) is 12. The molecule has 2 saturated heterocycles. The lowest BCUT2D eigenvalue weighted by molar-refractivity contribution is -0.343. The molecule has 3 heterocycles. The molecule has 5 saturated carbocycles. The second-order valence-corrected chi connectivity index (χ2v) is 24.8. The zero-order valence-electron chi connectivity index (χ0n) is 42.0. The Bertz CT molecular complexity index is 2090. The van der Waals surface area contributed by atoms with Gasteiger partial charge in [-0.15, -0.1) is 0 Å². The fraction of sp³-hybridized carbons (Fsp3) is 0.868. The van der Waals surface area contributed by atoms with Crippen molar-refractivity contribution >= 4 is 11.9 Å². The smallest absolute Gasteiger partial charge is 0.310 e. The van der Waals surface area contributed by atoms with Crippen LogP contribution in [0.1, 0.15) is 136 Å². The van der Waals surface area contributed by atoms with E-state index in [1.807, 2.05) is 6.92 Å². The van der Waals surface area contributed by atoms with Crippen molar-refractivity contribution in [3.8, 4) is 0 Å². The number of fused-ring (bicyclic) bond motifs is 6. The van der Waals surface area contributed by atoms with Crippen molar-refractivity contribution in [3.63, 3.8) is 0 Å². The van der Waals surface area contributed by atoms with E-state index in [1.54, 1.807) is 12.5 Å². The number of carboxylic acid groups (broad SMARTS) is 1. The minimum absolute atomic E-state index is 0.0218. The Balaban J connectivity index is 1.23. The molecule has 0 aromatic carbocycles. The van der Waals surface area contributed by atoms with Gasteiger partial charge in [-0.3, -0.25) is 9.59 Å². The number of carbonyl (C=O) groups is 2. The molecule has 6 aliphatic carbocycles. The van der Waals surface area contributed by atoms with E-state index < -0.39 is 119 Å². The van der Waals surface area contributed by atoms with Gasteiger partial charge in [0.1, 0.15) is 24.5 Å². The normalized spacial score (nSPS) is 49.8. The number of aromatic amines is 1. The van der Waals surface area contributed by atoms with Gasteiger partial charge in [0.2, 0.25) is 5.91 Å². The molecule has 1 spiro atoms. The lowest BCUT2D eigenvalue weighted by Crippen LogP contribution is -2.74. The highest BCUT2D eigenvalue weighted by Crippen LogP contribution is 2.81. The maximum Gasteiger partial charge on any atom is 0.310 e. The summed E-state index contributed by atoms with van der Waals surface area (Å²) in [6.45, 7) is 9.75. The molecule has 23 atom stereocenters. The minimum atomic E-state index is -1.67. The summed E-state index contributed by atoms with van der Waals surface area (Å²) in [5, 5.41) is 105. The number of aliphatic hydroxyl groups is 8. The molecule has 8 aliphatic rings. The van der Waals surface area contributed by atoms with E-state index in [1.165, 1.54) is 5.57 Å². The summed E-state index contributed by atoms with van der Waals surface area (Å²) in [5.74, 6) is -4.34. The first-order valence-corrected chi connectivity index (χ1v) is 26.7. The van der Waals surface area contributed by atoms with Gasteiger partial charge in [0.15, 0.2) is 6.29 Å². The monoisotopic (exact) mass is 985 g/mol. The number of rotatable bonds is 14. The molecule has 394 valence electrons. The molecule has 23 unspecified atom stereocenters. The second kappa shape index (κ2) is 19.0. The number of imidazole rings is 1. The first kappa shape index (κ1) is 52.3. The number of aliphatic hydroxyl groups excluding tert-OH is 8. The maximum absolute atomic E-state index is 14.2. The van der Waals surface area contributed by atoms with Crippen molar-refractivity contribution < 1.29 is 65.0 Å². The number of H-pyrrole nitrogens is 1. The van der Waals surface area contributed by atoms with Gasteiger partial charge in [-0.2, -0.15) is 0 Å². The van der Waals surface area contributed by atoms with Gasteiger partial charge < -0.3 is 71.5 Å². The summed E-state index contributed by atoms with van der Waals surface area (Å²) >= 11 is 0. The average molecular weight is 985 g/mol. The maximum atomic E-state index is 14.2. The number of hydrogen-bond acceptors (Lipinski definition) is 14. The lowest BCUT2D eigenvalue weighted by Gasteiger charge is -2.77. The van der Waals surface area contributed by atoms with Crippen molar-refractivity contribution in [1.29, 1.82) is 0 Å². The molecule has 1 aromatic rings. The van der Waals surface area contributed by atoms with Crippen LogP contribution >= 0.6 is 0 Å². The number of ether oxygens (including phenoxy) is 2. The van der Waals surface area contributed by atoms with Crippen LogP contribution in [-0.2, 0) is 19.1 Å². The summed E-state index contributed by atoms with van der Waals surface area (Å²) < 4.78 is 12.6. The van der Waals surface area contributed by atoms with Gasteiger partial charge in [-0.1, -0.05) is 65.5 Å². The molecular formula is C53H84N4O13. The third-order valence-corrected chi connectivity index (χ3v) is 22.1. The molecule has 9 rings (SSSR count). The van der Waals surface area contributed by atoms with Crippen molar-refractivity contribution in [2.45, 2.75) is 180 Å². The van der Waals surface area contributed by atoms with Crippen molar-refractivity contribution in [1.82, 2.24) is 15.3 Å². The van der Waals surface area contributed by atoms with E-state index in [4.69, 9.17) is 15.2 Å². The number of aromatic nitrogens is 2. The number of nitrogens with one attached hydrogen (secondary N) is 2.